The van der Waals surface area contributed by atoms with Gasteiger partial charge >= 0.3 is 18.3 Å². The summed E-state index contributed by atoms with van der Waals surface area (Å²) >= 11 is 0. The van der Waals surface area contributed by atoms with Crippen molar-refractivity contribution in [1.82, 2.24) is 9.88 Å². The van der Waals surface area contributed by atoms with Crippen molar-refractivity contribution in [2.24, 2.45) is 0 Å². The van der Waals surface area contributed by atoms with E-state index in [1.807, 2.05) is 0 Å². The second-order valence-corrected chi connectivity index (χ2v) is 7.62. The number of carbonyl (C=O) groups is 3. The lowest BCUT2D eigenvalue weighted by Crippen LogP contribution is -2.31. The number of cyclic esters (lactones) is 1. The first-order chi connectivity index (χ1) is 16.3. The minimum atomic E-state index is -5.06. The van der Waals surface area contributed by atoms with Crippen molar-refractivity contribution < 1.29 is 45.5 Å². The van der Waals surface area contributed by atoms with Gasteiger partial charge in [-0.2, -0.15) is 26.3 Å². The number of ketones is 1. The van der Waals surface area contributed by atoms with E-state index in [1.54, 1.807) is 12.1 Å². The van der Waals surface area contributed by atoms with Crippen LogP contribution >= 0.6 is 0 Å². The third-order valence-corrected chi connectivity index (χ3v) is 5.26. The van der Waals surface area contributed by atoms with E-state index in [0.717, 1.165) is 18.3 Å². The number of benzene rings is 2. The zero-order chi connectivity index (χ0) is 25.5. The first-order valence-corrected chi connectivity index (χ1v) is 9.93. The lowest BCUT2D eigenvalue weighted by Gasteiger charge is -2.16. The third kappa shape index (κ3) is 4.91. The van der Waals surface area contributed by atoms with Gasteiger partial charge in [-0.3, -0.25) is 9.59 Å². The van der Waals surface area contributed by atoms with Crippen LogP contribution in [0.2, 0.25) is 0 Å². The number of nitrogens with zero attached hydrogens (tertiary/aromatic N) is 1. The molecule has 4 rings (SSSR count). The molecule has 0 aliphatic carbocycles. The molecule has 1 N–H and O–H groups in total. The lowest BCUT2D eigenvalue weighted by molar-refractivity contribution is -0.143. The summed E-state index contributed by atoms with van der Waals surface area (Å²) in [4.78, 5) is 36.3. The van der Waals surface area contributed by atoms with Crippen molar-refractivity contribution in [2.45, 2.75) is 18.9 Å². The highest BCUT2D eigenvalue weighted by molar-refractivity contribution is 6.45. The van der Waals surface area contributed by atoms with Crippen molar-refractivity contribution in [3.63, 3.8) is 0 Å². The summed E-state index contributed by atoms with van der Waals surface area (Å²) in [5.41, 5.74) is -3.14. The molecule has 0 atom stereocenters. The first kappa shape index (κ1) is 24.0. The first-order valence-electron chi connectivity index (χ1n) is 9.93. The lowest BCUT2D eigenvalue weighted by atomic mass is 10.0. The summed E-state index contributed by atoms with van der Waals surface area (Å²) in [5.74, 6) is -2.81. The Bertz CT molecular complexity index is 1380. The number of esters is 1. The Morgan fingerprint density at radius 3 is 2.34 bits per heavy atom. The van der Waals surface area contributed by atoms with E-state index in [2.05, 4.69) is 10.1 Å². The van der Waals surface area contributed by atoms with E-state index in [0.29, 0.717) is 6.07 Å². The van der Waals surface area contributed by atoms with Crippen molar-refractivity contribution in [1.29, 1.82) is 0 Å². The summed E-state index contributed by atoms with van der Waals surface area (Å²) in [6.45, 7) is -0.746. The Morgan fingerprint density at radius 1 is 1.00 bits per heavy atom. The highest BCUT2D eigenvalue weighted by atomic mass is 19.4. The van der Waals surface area contributed by atoms with Crippen LogP contribution in [0.5, 0.6) is 0 Å². The fraction of sp³-hybridized carbons (Fsp3) is 0.174. The van der Waals surface area contributed by atoms with E-state index >= 15 is 0 Å². The van der Waals surface area contributed by atoms with Crippen LogP contribution < -0.4 is 5.32 Å². The maximum atomic E-state index is 13.6. The summed E-state index contributed by atoms with van der Waals surface area (Å²) in [5, 5.41) is 2.49. The van der Waals surface area contributed by atoms with Gasteiger partial charge in [-0.25, -0.2) is 4.79 Å². The average Bonchev–Trinajstić information content (AvgIpc) is 3.35. The van der Waals surface area contributed by atoms with Gasteiger partial charge in [0.05, 0.1) is 22.4 Å². The Hall–Kier alpha value is -4.09. The maximum Gasteiger partial charge on any atom is 0.416 e. The summed E-state index contributed by atoms with van der Waals surface area (Å²) in [7, 11) is 0. The maximum absolute atomic E-state index is 13.6. The van der Waals surface area contributed by atoms with Gasteiger partial charge in [-0.15, -0.1) is 0 Å². The van der Waals surface area contributed by atoms with Crippen LogP contribution in [0.4, 0.5) is 26.3 Å². The molecular weight excluding hydrogens is 482 g/mol. The summed E-state index contributed by atoms with van der Waals surface area (Å²) in [6.07, 6.45) is -7.87. The summed E-state index contributed by atoms with van der Waals surface area (Å²) < 4.78 is 85.5. The SMILES string of the molecule is O=C1C=C(NC(=O)C(=O)c2cn(Cc3ccc(C(F)(F)F)cc3C(F)(F)F)c3ccccc23)CO1. The number of Topliss-reactive ketones (excluding diaryl/α,β-unsaturated/α-hetero) is 1. The van der Waals surface area contributed by atoms with Gasteiger partial charge < -0.3 is 14.6 Å². The Labute approximate surface area is 192 Å². The third-order valence-electron chi connectivity index (χ3n) is 5.26. The van der Waals surface area contributed by atoms with Crippen LogP contribution in [-0.4, -0.2) is 28.8 Å². The second-order valence-electron chi connectivity index (χ2n) is 7.62. The van der Waals surface area contributed by atoms with Crippen LogP contribution in [0.25, 0.3) is 10.9 Å². The number of ether oxygens (including phenoxy) is 1. The molecule has 0 unspecified atom stereocenters. The smallest absolute Gasteiger partial charge is 0.416 e. The number of nitrogens with one attached hydrogen (secondary N) is 1. The topological polar surface area (TPSA) is 77.4 Å². The molecule has 0 fully saturated rings. The van der Waals surface area contributed by atoms with E-state index in [1.165, 1.54) is 16.7 Å². The molecule has 2 aromatic carbocycles. The molecule has 35 heavy (non-hydrogen) atoms. The quantitative estimate of drug-likeness (QED) is 0.245. The Kier molecular flexibility index (Phi) is 5.91. The number of halogens is 6. The molecule has 182 valence electrons. The fourth-order valence-corrected chi connectivity index (χ4v) is 3.67. The molecule has 0 saturated heterocycles. The van der Waals surface area contributed by atoms with Gasteiger partial charge in [-0.05, 0) is 23.8 Å². The highest BCUT2D eigenvalue weighted by Gasteiger charge is 2.38. The van der Waals surface area contributed by atoms with Crippen molar-refractivity contribution in [3.05, 3.63) is 82.7 Å². The molecular formula is C23H14F6N2O4. The number of amides is 1. The van der Waals surface area contributed by atoms with E-state index in [9.17, 15) is 40.7 Å². The normalized spacial score (nSPS) is 14.1. The molecule has 1 aliphatic heterocycles. The Balaban J connectivity index is 1.72. The number of fused-ring (bicyclic) bond motifs is 1. The van der Waals surface area contributed by atoms with Crippen molar-refractivity contribution >= 4 is 28.6 Å². The zero-order valence-corrected chi connectivity index (χ0v) is 17.5. The van der Waals surface area contributed by atoms with E-state index in [-0.39, 0.29) is 34.8 Å². The standard InChI is InChI=1S/C23H14F6N2O4/c24-22(25,26)13-6-5-12(17(7-13)23(27,28)29)9-31-10-16(15-3-1-2-4-18(15)31)20(33)21(34)30-14-8-19(32)35-11-14/h1-8,10H,9,11H2,(H,30,34). The zero-order valence-electron chi connectivity index (χ0n) is 17.5. The molecule has 0 radical (unpaired) electrons. The number of alkyl halides is 6. The molecule has 6 nitrogen and oxygen atoms in total. The van der Waals surface area contributed by atoms with Crippen LogP contribution in [0.1, 0.15) is 27.0 Å². The second kappa shape index (κ2) is 8.60. The number of para-hydroxylation sites is 1. The average molecular weight is 496 g/mol. The highest BCUT2D eigenvalue weighted by Crippen LogP contribution is 2.38. The fourth-order valence-electron chi connectivity index (χ4n) is 3.67. The van der Waals surface area contributed by atoms with Crippen LogP contribution in [0, 0.1) is 0 Å². The van der Waals surface area contributed by atoms with E-state index in [4.69, 9.17) is 0 Å². The molecule has 1 amide bonds. The van der Waals surface area contributed by atoms with Gasteiger partial charge in [0.15, 0.2) is 0 Å². The van der Waals surface area contributed by atoms with Gasteiger partial charge in [0.1, 0.15) is 6.61 Å². The van der Waals surface area contributed by atoms with Gasteiger partial charge in [0, 0.05) is 29.7 Å². The molecule has 1 aliphatic rings. The molecule has 0 spiro atoms. The molecule has 1 aromatic heterocycles. The predicted molar refractivity (Wildman–Crippen MR) is 109 cm³/mol. The molecule has 12 heteroatoms. The number of hydrogen-bond donors (Lipinski definition) is 1. The molecule has 2 heterocycles. The Morgan fingerprint density at radius 2 is 1.71 bits per heavy atom. The van der Waals surface area contributed by atoms with Gasteiger partial charge in [-0.1, -0.05) is 24.3 Å². The number of carbonyl (C=O) groups excluding carboxylic acids is 3. The van der Waals surface area contributed by atoms with Crippen molar-refractivity contribution in [2.75, 3.05) is 6.61 Å². The van der Waals surface area contributed by atoms with E-state index < -0.39 is 53.2 Å². The molecule has 3 aromatic rings. The van der Waals surface area contributed by atoms with Crippen LogP contribution in [0.15, 0.2) is 60.4 Å². The minimum Gasteiger partial charge on any atom is -0.456 e. The predicted octanol–water partition coefficient (Wildman–Crippen LogP) is 4.47. The summed E-state index contributed by atoms with van der Waals surface area (Å²) in [6, 6.07) is 7.40. The van der Waals surface area contributed by atoms with Crippen LogP contribution in [-0.2, 0) is 33.2 Å². The monoisotopic (exact) mass is 496 g/mol. The number of hydrogen-bond acceptors (Lipinski definition) is 4. The van der Waals surface area contributed by atoms with Crippen LogP contribution in [0.3, 0.4) is 0 Å². The van der Waals surface area contributed by atoms with Gasteiger partial charge in [0.25, 0.3) is 11.7 Å². The molecule has 0 bridgehead atoms. The van der Waals surface area contributed by atoms with Crippen molar-refractivity contribution in [3.8, 4) is 0 Å². The minimum absolute atomic E-state index is 0.0409. The molecule has 0 saturated carbocycles. The number of rotatable bonds is 5. The largest absolute Gasteiger partial charge is 0.456 e. The number of aromatic nitrogens is 1. The van der Waals surface area contributed by atoms with Gasteiger partial charge in [0.2, 0.25) is 0 Å².